The van der Waals surface area contributed by atoms with Gasteiger partial charge in [0.15, 0.2) is 28.7 Å². The minimum absolute atomic E-state index is 0.0959. The molecule has 1 aliphatic rings. The zero-order chi connectivity index (χ0) is 28.4. The molecule has 1 aromatic heterocycles. The van der Waals surface area contributed by atoms with Gasteiger partial charge in [-0.1, -0.05) is 30.3 Å². The van der Waals surface area contributed by atoms with E-state index < -0.39 is 10.6 Å². The molecule has 0 aliphatic carbocycles. The third-order valence-electron chi connectivity index (χ3n) is 7.40. The zero-order valence-electron chi connectivity index (χ0n) is 23.0. The van der Waals surface area contributed by atoms with Crippen molar-refractivity contribution in [3.05, 3.63) is 81.4 Å². The van der Waals surface area contributed by atoms with Crippen LogP contribution in [0.15, 0.2) is 54.6 Å². The van der Waals surface area contributed by atoms with E-state index in [-0.39, 0.29) is 22.8 Å². The van der Waals surface area contributed by atoms with Gasteiger partial charge in [0, 0.05) is 19.2 Å². The maximum absolute atomic E-state index is 11.9. The topological polar surface area (TPSA) is 127 Å². The molecule has 1 aliphatic heterocycles. The van der Waals surface area contributed by atoms with Crippen molar-refractivity contribution < 1.29 is 23.9 Å². The predicted octanol–water partition coefficient (Wildman–Crippen LogP) is 4.06. The lowest BCUT2D eigenvalue weighted by Crippen LogP contribution is -2.52. The fourth-order valence-corrected chi connectivity index (χ4v) is 5.14. The van der Waals surface area contributed by atoms with Crippen molar-refractivity contribution in [2.24, 2.45) is 0 Å². The van der Waals surface area contributed by atoms with E-state index >= 15 is 0 Å². The summed E-state index contributed by atoms with van der Waals surface area (Å²) >= 11 is 0. The van der Waals surface area contributed by atoms with Gasteiger partial charge in [-0.15, -0.1) is 15.0 Å². The quantitative estimate of drug-likeness (QED) is 0.224. The number of fused-ring (bicyclic) bond motifs is 1. The maximum atomic E-state index is 11.9. The van der Waals surface area contributed by atoms with Crippen molar-refractivity contribution in [1.82, 2.24) is 25.1 Å². The van der Waals surface area contributed by atoms with E-state index in [1.54, 1.807) is 14.2 Å². The molecule has 1 atom stereocenters. The van der Waals surface area contributed by atoms with Crippen molar-refractivity contribution >= 4 is 5.69 Å². The molecule has 0 saturated heterocycles. The number of nitrogens with zero attached hydrogens (tertiary/aromatic N) is 6. The van der Waals surface area contributed by atoms with Gasteiger partial charge in [-0.2, -0.15) is 0 Å². The number of rotatable bonds is 9. The first-order chi connectivity index (χ1) is 19.3. The van der Waals surface area contributed by atoms with Crippen LogP contribution in [-0.4, -0.2) is 65.0 Å². The highest BCUT2D eigenvalue weighted by Gasteiger charge is 2.40. The van der Waals surface area contributed by atoms with Crippen molar-refractivity contribution in [1.29, 1.82) is 0 Å². The van der Waals surface area contributed by atoms with Gasteiger partial charge < -0.3 is 18.9 Å². The number of tetrazole rings is 1. The maximum Gasteiger partial charge on any atom is 0.284 e. The second kappa shape index (κ2) is 10.8. The smallest absolute Gasteiger partial charge is 0.284 e. The van der Waals surface area contributed by atoms with Crippen LogP contribution in [0.4, 0.5) is 5.69 Å². The van der Waals surface area contributed by atoms with Crippen LogP contribution in [-0.2, 0) is 18.6 Å². The Balaban J connectivity index is 1.61. The second-order valence-electron chi connectivity index (χ2n) is 9.42. The third-order valence-corrected chi connectivity index (χ3v) is 7.40. The van der Waals surface area contributed by atoms with Gasteiger partial charge in [0.05, 0.1) is 39.4 Å². The number of nitro benzene ring substituents is 1. The van der Waals surface area contributed by atoms with Crippen LogP contribution in [0.2, 0.25) is 0 Å². The van der Waals surface area contributed by atoms with Gasteiger partial charge in [-0.3, -0.25) is 15.0 Å². The van der Waals surface area contributed by atoms with Gasteiger partial charge in [-0.05, 0) is 47.4 Å². The Kier molecular flexibility index (Phi) is 7.26. The monoisotopic (exact) mass is 546 g/mol. The molecule has 0 saturated carbocycles. The summed E-state index contributed by atoms with van der Waals surface area (Å²) in [6.07, 6.45) is 0.765. The Morgan fingerprint density at radius 2 is 1.48 bits per heavy atom. The number of aromatic nitrogens is 4. The molecular formula is C28H30N6O6. The summed E-state index contributed by atoms with van der Waals surface area (Å²) in [5, 5.41) is 25.3. The van der Waals surface area contributed by atoms with Gasteiger partial charge in [0.1, 0.15) is 5.56 Å². The molecule has 0 radical (unpaired) electrons. The van der Waals surface area contributed by atoms with Crippen molar-refractivity contribution in [2.75, 3.05) is 35.0 Å². The van der Waals surface area contributed by atoms with Crippen molar-refractivity contribution in [2.45, 2.75) is 25.6 Å². The molecule has 0 N–H and O–H groups in total. The first-order valence-electron chi connectivity index (χ1n) is 12.6. The molecule has 0 fully saturated rings. The van der Waals surface area contributed by atoms with Gasteiger partial charge in [0.2, 0.25) is 5.82 Å². The highest BCUT2D eigenvalue weighted by atomic mass is 16.6. The molecule has 2 heterocycles. The van der Waals surface area contributed by atoms with E-state index in [0.29, 0.717) is 30.3 Å². The SMILES string of the molecule is COc1cc2c(cc1OC)CN(C(C)(c1ccccc1)n1nnc(-c3cc(OC)c(OC)cc3[N+](=O)[O-])n1)CC2. The number of hydrogen-bond acceptors (Lipinski definition) is 10. The van der Waals surface area contributed by atoms with E-state index in [4.69, 9.17) is 24.0 Å². The van der Waals surface area contributed by atoms with E-state index in [1.165, 1.54) is 36.7 Å². The van der Waals surface area contributed by atoms with Crippen LogP contribution < -0.4 is 18.9 Å². The van der Waals surface area contributed by atoms with E-state index in [2.05, 4.69) is 15.2 Å². The molecule has 0 bridgehead atoms. The predicted molar refractivity (Wildman–Crippen MR) is 146 cm³/mol. The van der Waals surface area contributed by atoms with Crippen LogP contribution in [0.1, 0.15) is 23.6 Å². The summed E-state index contributed by atoms with van der Waals surface area (Å²) in [6.45, 7) is 3.29. The van der Waals surface area contributed by atoms with Crippen molar-refractivity contribution in [3.63, 3.8) is 0 Å². The van der Waals surface area contributed by atoms with Crippen LogP contribution in [0, 0.1) is 10.1 Å². The largest absolute Gasteiger partial charge is 0.493 e. The summed E-state index contributed by atoms with van der Waals surface area (Å²) < 4.78 is 21.7. The lowest BCUT2D eigenvalue weighted by atomic mass is 9.93. The van der Waals surface area contributed by atoms with Crippen LogP contribution in [0.25, 0.3) is 11.4 Å². The van der Waals surface area contributed by atoms with E-state index in [1.807, 2.05) is 49.4 Å². The molecular weight excluding hydrogens is 516 g/mol. The Morgan fingerprint density at radius 3 is 2.10 bits per heavy atom. The second-order valence-corrected chi connectivity index (χ2v) is 9.42. The Labute approximate surface area is 231 Å². The lowest BCUT2D eigenvalue weighted by Gasteiger charge is -2.43. The van der Waals surface area contributed by atoms with Crippen LogP contribution >= 0.6 is 0 Å². The lowest BCUT2D eigenvalue weighted by molar-refractivity contribution is -0.384. The summed E-state index contributed by atoms with van der Waals surface area (Å²) in [7, 11) is 6.13. The average molecular weight is 547 g/mol. The van der Waals surface area contributed by atoms with Gasteiger partial charge >= 0.3 is 0 Å². The summed E-state index contributed by atoms with van der Waals surface area (Å²) in [5.74, 6) is 2.01. The third kappa shape index (κ3) is 4.56. The van der Waals surface area contributed by atoms with E-state index in [9.17, 15) is 10.1 Å². The van der Waals surface area contributed by atoms with Crippen molar-refractivity contribution in [3.8, 4) is 34.4 Å². The Hall–Kier alpha value is -4.71. The van der Waals surface area contributed by atoms with E-state index in [0.717, 1.165) is 17.5 Å². The first-order valence-corrected chi connectivity index (χ1v) is 12.6. The summed E-state index contributed by atoms with van der Waals surface area (Å²) in [6, 6.07) is 16.7. The Bertz CT molecular complexity index is 1540. The summed E-state index contributed by atoms with van der Waals surface area (Å²) in [4.78, 5) is 15.2. The highest BCUT2D eigenvalue weighted by Crippen LogP contribution is 2.40. The summed E-state index contributed by atoms with van der Waals surface area (Å²) in [5.41, 5.74) is 2.30. The number of ether oxygens (including phenoxy) is 4. The molecule has 4 aromatic rings. The molecule has 1 unspecified atom stereocenters. The van der Waals surface area contributed by atoms with Crippen LogP contribution in [0.5, 0.6) is 23.0 Å². The highest BCUT2D eigenvalue weighted by molar-refractivity contribution is 5.72. The number of hydrogen-bond donors (Lipinski definition) is 0. The molecule has 12 heteroatoms. The van der Waals surface area contributed by atoms with Gasteiger partial charge in [-0.25, -0.2) is 0 Å². The standard InChI is InChI=1S/C28H30N6O6/c1-28(20-9-7-6-8-10-20,32-12-11-18-13-23(37-2)24(38-3)14-19(18)17-32)34-30-27(29-31-34)21-15-25(39-4)26(40-5)16-22(21)33(35)36/h6-10,13-16H,11-12,17H2,1-5H3. The van der Waals surface area contributed by atoms with Crippen LogP contribution in [0.3, 0.4) is 0 Å². The minimum atomic E-state index is -0.872. The fourth-order valence-electron chi connectivity index (χ4n) is 5.14. The molecule has 0 amide bonds. The molecule has 3 aromatic carbocycles. The fraction of sp³-hybridized carbons (Fsp3) is 0.321. The normalized spacial score (nSPS) is 14.6. The molecule has 40 heavy (non-hydrogen) atoms. The van der Waals surface area contributed by atoms with Gasteiger partial charge in [0.25, 0.3) is 5.69 Å². The average Bonchev–Trinajstić information content (AvgIpc) is 3.50. The zero-order valence-corrected chi connectivity index (χ0v) is 23.0. The first kappa shape index (κ1) is 26.9. The molecule has 0 spiro atoms. The number of methoxy groups -OCH3 is 4. The number of nitro groups is 1. The number of benzene rings is 3. The minimum Gasteiger partial charge on any atom is -0.493 e. The Morgan fingerprint density at radius 1 is 0.875 bits per heavy atom. The molecule has 12 nitrogen and oxygen atoms in total. The molecule has 5 rings (SSSR count). The molecule has 208 valence electrons.